The molecule has 2 aromatic heterocycles. The van der Waals surface area contributed by atoms with Crippen LogP contribution in [0.15, 0.2) is 47.4 Å². The fourth-order valence-corrected chi connectivity index (χ4v) is 3.68. The highest BCUT2D eigenvalue weighted by Crippen LogP contribution is 2.35. The van der Waals surface area contributed by atoms with Crippen molar-refractivity contribution in [2.75, 3.05) is 5.32 Å². The average Bonchev–Trinajstić information content (AvgIpc) is 2.83. The maximum Gasteiger partial charge on any atom is 0.250 e. The molecule has 0 spiro atoms. The van der Waals surface area contributed by atoms with E-state index in [9.17, 15) is 4.79 Å². The molecule has 0 atom stereocenters. The number of aryl methyl sites for hydroxylation is 1. The molecule has 5 heteroatoms. The molecule has 0 amide bonds. The van der Waals surface area contributed by atoms with Gasteiger partial charge in [-0.3, -0.25) is 4.79 Å². The molecular weight excluding hydrogens is 304 g/mol. The van der Waals surface area contributed by atoms with Gasteiger partial charge in [0.1, 0.15) is 0 Å². The molecule has 2 heterocycles. The lowest BCUT2D eigenvalue weighted by Gasteiger charge is -2.08. The van der Waals surface area contributed by atoms with E-state index < -0.39 is 0 Å². The summed E-state index contributed by atoms with van der Waals surface area (Å²) in [7, 11) is 0. The number of benzene rings is 1. The van der Waals surface area contributed by atoms with Crippen LogP contribution >= 0.6 is 22.9 Å². The number of halogens is 1. The first-order valence-corrected chi connectivity index (χ1v) is 7.98. The van der Waals surface area contributed by atoms with Crippen molar-refractivity contribution in [3.05, 3.63) is 62.8 Å². The Bertz CT molecular complexity index is 838. The van der Waals surface area contributed by atoms with Crippen LogP contribution in [0.3, 0.4) is 0 Å². The van der Waals surface area contributed by atoms with Gasteiger partial charge in [-0.25, -0.2) is 0 Å². The Morgan fingerprint density at radius 1 is 1.24 bits per heavy atom. The smallest absolute Gasteiger partial charge is 0.250 e. The number of hydrogen-bond acceptors (Lipinski definition) is 3. The van der Waals surface area contributed by atoms with E-state index in [4.69, 9.17) is 11.6 Å². The van der Waals surface area contributed by atoms with E-state index in [2.05, 4.69) is 11.4 Å². The summed E-state index contributed by atoms with van der Waals surface area (Å²) < 4.78 is 2.87. The van der Waals surface area contributed by atoms with Gasteiger partial charge in [-0.2, -0.15) is 0 Å². The molecule has 3 aromatic rings. The molecule has 21 heavy (non-hydrogen) atoms. The van der Waals surface area contributed by atoms with Gasteiger partial charge in [0.2, 0.25) is 0 Å². The number of pyridine rings is 1. The van der Waals surface area contributed by atoms with Gasteiger partial charge in [-0.15, -0.1) is 11.3 Å². The van der Waals surface area contributed by atoms with Crippen LogP contribution in [0.2, 0.25) is 5.02 Å². The average molecular weight is 319 g/mol. The predicted molar refractivity (Wildman–Crippen MR) is 90.5 cm³/mol. The third-order valence-corrected chi connectivity index (χ3v) is 5.09. The van der Waals surface area contributed by atoms with Gasteiger partial charge >= 0.3 is 0 Å². The zero-order chi connectivity index (χ0) is 14.8. The third-order valence-electron chi connectivity index (χ3n) is 3.38. The summed E-state index contributed by atoms with van der Waals surface area (Å²) in [4.78, 5) is 12.7. The van der Waals surface area contributed by atoms with E-state index in [1.807, 2.05) is 31.3 Å². The Morgan fingerprint density at radius 3 is 2.81 bits per heavy atom. The van der Waals surface area contributed by atoms with Gasteiger partial charge in [-0.05, 0) is 19.1 Å². The predicted octanol–water partition coefficient (Wildman–Crippen LogP) is 4.35. The van der Waals surface area contributed by atoms with Crippen molar-refractivity contribution < 1.29 is 0 Å². The summed E-state index contributed by atoms with van der Waals surface area (Å²) in [6.45, 7) is 3.27. The first-order chi connectivity index (χ1) is 10.2. The molecule has 0 bridgehead atoms. The minimum Gasteiger partial charge on any atom is -0.379 e. The maximum atomic E-state index is 11.6. The largest absolute Gasteiger partial charge is 0.379 e. The molecule has 1 N–H and O–H groups in total. The van der Waals surface area contributed by atoms with Gasteiger partial charge in [-0.1, -0.05) is 29.8 Å². The molecule has 3 nitrogen and oxygen atoms in total. The Kier molecular flexibility index (Phi) is 3.99. The maximum absolute atomic E-state index is 11.6. The lowest BCUT2D eigenvalue weighted by atomic mass is 10.2. The van der Waals surface area contributed by atoms with Crippen molar-refractivity contribution in [2.24, 2.45) is 0 Å². The molecule has 0 fully saturated rings. The highest BCUT2D eigenvalue weighted by molar-refractivity contribution is 7.19. The number of anilines is 1. The van der Waals surface area contributed by atoms with Crippen molar-refractivity contribution in [3.8, 4) is 0 Å². The van der Waals surface area contributed by atoms with Crippen LogP contribution in [0.4, 0.5) is 5.69 Å². The van der Waals surface area contributed by atoms with Gasteiger partial charge < -0.3 is 9.88 Å². The van der Waals surface area contributed by atoms with Gasteiger partial charge in [0.05, 0.1) is 17.3 Å². The monoisotopic (exact) mass is 318 g/mol. The third kappa shape index (κ3) is 2.82. The van der Waals surface area contributed by atoms with E-state index in [-0.39, 0.29) is 5.56 Å². The number of hydrogen-bond donors (Lipinski definition) is 1. The number of thiophene rings is 1. The van der Waals surface area contributed by atoms with E-state index in [0.717, 1.165) is 21.0 Å². The van der Waals surface area contributed by atoms with Crippen LogP contribution in [0.5, 0.6) is 0 Å². The Labute approximate surface area is 131 Å². The van der Waals surface area contributed by atoms with Crippen LogP contribution in [0.25, 0.3) is 10.1 Å². The highest BCUT2D eigenvalue weighted by Gasteiger charge is 2.09. The summed E-state index contributed by atoms with van der Waals surface area (Å²) in [5, 5.41) is 5.24. The van der Waals surface area contributed by atoms with Gasteiger partial charge in [0.25, 0.3) is 5.56 Å². The minimum atomic E-state index is 0.0166. The summed E-state index contributed by atoms with van der Waals surface area (Å²) in [5.74, 6) is 0. The number of fused-ring (bicyclic) bond motifs is 1. The zero-order valence-electron chi connectivity index (χ0n) is 11.6. The van der Waals surface area contributed by atoms with Crippen LogP contribution in [0, 0.1) is 0 Å². The van der Waals surface area contributed by atoms with E-state index in [0.29, 0.717) is 13.1 Å². The molecular formula is C16H15ClN2OS. The van der Waals surface area contributed by atoms with E-state index >= 15 is 0 Å². The van der Waals surface area contributed by atoms with Crippen molar-refractivity contribution >= 4 is 38.7 Å². The Balaban J connectivity index is 1.83. The molecule has 0 radical (unpaired) electrons. The summed E-state index contributed by atoms with van der Waals surface area (Å²) in [5.41, 5.74) is 0.938. The molecule has 0 saturated heterocycles. The molecule has 1 aromatic carbocycles. The molecule has 0 aliphatic carbocycles. The highest BCUT2D eigenvalue weighted by atomic mass is 35.5. The summed E-state index contributed by atoms with van der Waals surface area (Å²) in [6.07, 6.45) is 1.84. The second-order valence-electron chi connectivity index (χ2n) is 4.73. The second kappa shape index (κ2) is 5.92. The summed E-state index contributed by atoms with van der Waals surface area (Å²) in [6, 6.07) is 11.5. The lowest BCUT2D eigenvalue weighted by Crippen LogP contribution is -2.17. The fourth-order valence-electron chi connectivity index (χ4n) is 2.24. The van der Waals surface area contributed by atoms with Crippen molar-refractivity contribution in [2.45, 2.75) is 20.0 Å². The van der Waals surface area contributed by atoms with E-state index in [1.54, 1.807) is 28.0 Å². The molecule has 108 valence electrons. The molecule has 0 aliphatic rings. The lowest BCUT2D eigenvalue weighted by molar-refractivity contribution is 0.728. The molecule has 3 rings (SSSR count). The molecule has 0 saturated carbocycles. The number of rotatable bonds is 4. The first-order valence-electron chi connectivity index (χ1n) is 6.79. The number of nitrogens with zero attached hydrogens (tertiary/aromatic N) is 1. The van der Waals surface area contributed by atoms with Crippen molar-refractivity contribution in [1.29, 1.82) is 0 Å². The Hall–Kier alpha value is -1.78. The minimum absolute atomic E-state index is 0.0166. The normalized spacial score (nSPS) is 11.0. The van der Waals surface area contributed by atoms with Gasteiger partial charge in [0.15, 0.2) is 0 Å². The van der Waals surface area contributed by atoms with Crippen LogP contribution in [0.1, 0.15) is 11.8 Å². The quantitative estimate of drug-likeness (QED) is 0.776. The first kappa shape index (κ1) is 14.2. The molecule has 0 aliphatic heterocycles. The van der Waals surface area contributed by atoms with Gasteiger partial charge in [0, 0.05) is 33.8 Å². The van der Waals surface area contributed by atoms with Crippen molar-refractivity contribution in [3.63, 3.8) is 0 Å². The Morgan fingerprint density at radius 2 is 2.05 bits per heavy atom. The van der Waals surface area contributed by atoms with Crippen LogP contribution in [-0.4, -0.2) is 4.57 Å². The fraction of sp³-hybridized carbons (Fsp3) is 0.188. The van der Waals surface area contributed by atoms with Crippen LogP contribution < -0.4 is 10.9 Å². The van der Waals surface area contributed by atoms with E-state index in [1.165, 1.54) is 4.70 Å². The summed E-state index contributed by atoms with van der Waals surface area (Å²) >= 11 is 8.12. The number of aromatic nitrogens is 1. The standard InChI is InChI=1S/C16H15ClN2OS/c1-2-19-10-11(7-8-15(19)20)18-9-14-16(17)12-5-3-4-6-13(12)21-14/h3-8,10,18H,2,9H2,1H3. The zero-order valence-corrected chi connectivity index (χ0v) is 13.2. The topological polar surface area (TPSA) is 34.0 Å². The van der Waals surface area contributed by atoms with Crippen molar-refractivity contribution in [1.82, 2.24) is 4.57 Å². The molecule has 0 unspecified atom stereocenters. The van der Waals surface area contributed by atoms with Crippen LogP contribution in [-0.2, 0) is 13.1 Å². The number of nitrogens with one attached hydrogen (secondary N) is 1. The second-order valence-corrected chi connectivity index (χ2v) is 6.25. The SMILES string of the molecule is CCn1cc(NCc2sc3ccccc3c2Cl)ccc1=O.